The second-order valence-corrected chi connectivity index (χ2v) is 7.81. The molecule has 28 heavy (non-hydrogen) atoms. The summed E-state index contributed by atoms with van der Waals surface area (Å²) in [5.74, 6) is 0.653. The van der Waals surface area contributed by atoms with Crippen LogP contribution >= 0.6 is 0 Å². The molecule has 1 fully saturated rings. The summed E-state index contributed by atoms with van der Waals surface area (Å²) in [6.07, 6.45) is 4.17. The molecule has 1 aliphatic heterocycles. The van der Waals surface area contributed by atoms with Crippen molar-refractivity contribution in [1.82, 2.24) is 10.2 Å². The maximum Gasteiger partial charge on any atom is 0.274 e. The maximum absolute atomic E-state index is 13.0. The predicted molar refractivity (Wildman–Crippen MR) is 111 cm³/mol. The fourth-order valence-electron chi connectivity index (χ4n) is 3.29. The number of nitrogens with one attached hydrogen (secondary N) is 1. The van der Waals surface area contributed by atoms with E-state index in [9.17, 15) is 4.79 Å². The molecule has 0 unspecified atom stereocenters. The van der Waals surface area contributed by atoms with E-state index in [1.54, 1.807) is 12.1 Å². The van der Waals surface area contributed by atoms with E-state index in [2.05, 4.69) is 28.1 Å². The molecule has 1 aliphatic carbocycles. The third-order valence-electron chi connectivity index (χ3n) is 5.32. The molecule has 0 atom stereocenters. The Labute approximate surface area is 166 Å². The van der Waals surface area contributed by atoms with Gasteiger partial charge in [0, 0.05) is 23.8 Å². The molecule has 6 heteroatoms. The highest BCUT2D eigenvalue weighted by molar-refractivity contribution is 6.10. The SMILES string of the molecule is C=N/C(C(=O)NC(C)(C)C1CC1)=C1/N=C(c2cccc(C#N)c2)C=C(C)N1C. The van der Waals surface area contributed by atoms with Gasteiger partial charge in [0.25, 0.3) is 5.91 Å². The van der Waals surface area contributed by atoms with Crippen molar-refractivity contribution in [2.75, 3.05) is 7.05 Å². The van der Waals surface area contributed by atoms with Crippen LogP contribution < -0.4 is 5.32 Å². The van der Waals surface area contributed by atoms with Gasteiger partial charge in [0.15, 0.2) is 11.5 Å². The van der Waals surface area contributed by atoms with Crippen LogP contribution in [0.2, 0.25) is 0 Å². The molecule has 1 saturated carbocycles. The van der Waals surface area contributed by atoms with Crippen molar-refractivity contribution in [3.63, 3.8) is 0 Å². The first kappa shape index (κ1) is 19.6. The van der Waals surface area contributed by atoms with Crippen LogP contribution in [0.4, 0.5) is 0 Å². The normalized spacial score (nSPS) is 18.6. The van der Waals surface area contributed by atoms with Crippen LogP contribution in [0, 0.1) is 17.2 Å². The van der Waals surface area contributed by atoms with Crippen molar-refractivity contribution in [1.29, 1.82) is 5.26 Å². The lowest BCUT2D eigenvalue weighted by Gasteiger charge is -2.29. The molecule has 1 N–H and O–H groups in total. The van der Waals surface area contributed by atoms with Crippen molar-refractivity contribution < 1.29 is 4.79 Å². The zero-order chi connectivity index (χ0) is 20.5. The first-order valence-corrected chi connectivity index (χ1v) is 9.31. The van der Waals surface area contributed by atoms with Crippen LogP contribution in [-0.4, -0.2) is 35.8 Å². The molecular formula is C22H25N5O. The summed E-state index contributed by atoms with van der Waals surface area (Å²) in [4.78, 5) is 23.5. The first-order valence-electron chi connectivity index (χ1n) is 9.31. The lowest BCUT2D eigenvalue weighted by atomic mass is 9.98. The minimum Gasteiger partial charge on any atom is -0.345 e. The number of hydrogen-bond acceptors (Lipinski definition) is 5. The lowest BCUT2D eigenvalue weighted by Crippen LogP contribution is -2.46. The van der Waals surface area contributed by atoms with E-state index in [-0.39, 0.29) is 17.1 Å². The molecule has 1 heterocycles. The molecule has 0 spiro atoms. The standard InChI is InChI=1S/C22H25N5O/c1-14-11-18(16-8-6-7-15(12-16)13-23)25-20(27(14)5)19(24-4)21(28)26-22(2,3)17-9-10-17/h6-8,11-12,17H,4,9-10H2,1-3,5H3,(H,26,28)/b20-19-. The zero-order valence-corrected chi connectivity index (χ0v) is 16.8. The largest absolute Gasteiger partial charge is 0.345 e. The van der Waals surface area contributed by atoms with Gasteiger partial charge in [-0.3, -0.25) is 9.79 Å². The van der Waals surface area contributed by atoms with Gasteiger partial charge in [-0.05, 0) is 64.5 Å². The highest BCUT2D eigenvalue weighted by Gasteiger charge is 2.39. The summed E-state index contributed by atoms with van der Waals surface area (Å²) >= 11 is 0. The average molecular weight is 375 g/mol. The molecule has 3 rings (SSSR count). The smallest absolute Gasteiger partial charge is 0.274 e. The number of nitriles is 1. The Morgan fingerprint density at radius 1 is 1.43 bits per heavy atom. The van der Waals surface area contributed by atoms with Crippen LogP contribution in [0.3, 0.4) is 0 Å². The number of carbonyl (C=O) groups excluding carboxylic acids is 1. The van der Waals surface area contributed by atoms with Crippen LogP contribution in [0.5, 0.6) is 0 Å². The lowest BCUT2D eigenvalue weighted by molar-refractivity contribution is -0.119. The Bertz CT molecular complexity index is 957. The summed E-state index contributed by atoms with van der Waals surface area (Å²) in [6, 6.07) is 9.38. The Morgan fingerprint density at radius 3 is 2.75 bits per heavy atom. The number of hydrogen-bond donors (Lipinski definition) is 1. The van der Waals surface area contributed by atoms with Crippen LogP contribution in [0.25, 0.3) is 0 Å². The van der Waals surface area contributed by atoms with Gasteiger partial charge in [-0.15, -0.1) is 0 Å². The third kappa shape index (κ3) is 3.89. The fraction of sp³-hybridized carbons (Fsp3) is 0.364. The topological polar surface area (TPSA) is 80.8 Å². The second kappa shape index (κ2) is 7.43. The Kier molecular flexibility index (Phi) is 5.19. The van der Waals surface area contributed by atoms with Gasteiger partial charge in [-0.2, -0.15) is 5.26 Å². The maximum atomic E-state index is 13.0. The molecular weight excluding hydrogens is 350 g/mol. The predicted octanol–water partition coefficient (Wildman–Crippen LogP) is 3.37. The van der Waals surface area contributed by atoms with Gasteiger partial charge in [-0.1, -0.05) is 12.1 Å². The molecule has 1 amide bonds. The molecule has 1 aromatic carbocycles. The summed E-state index contributed by atoms with van der Waals surface area (Å²) in [7, 11) is 1.84. The van der Waals surface area contributed by atoms with Crippen molar-refractivity contribution in [3.8, 4) is 6.07 Å². The summed E-state index contributed by atoms with van der Waals surface area (Å²) in [6.45, 7) is 9.61. The molecule has 0 radical (unpaired) electrons. The van der Waals surface area contributed by atoms with E-state index in [1.807, 2.05) is 50.9 Å². The van der Waals surface area contributed by atoms with Crippen molar-refractivity contribution >= 4 is 18.3 Å². The average Bonchev–Trinajstić information content (AvgIpc) is 3.51. The van der Waals surface area contributed by atoms with Crippen LogP contribution in [0.15, 0.2) is 57.5 Å². The number of benzene rings is 1. The molecule has 0 saturated heterocycles. The van der Waals surface area contributed by atoms with Crippen molar-refractivity contribution in [3.05, 3.63) is 58.7 Å². The van der Waals surface area contributed by atoms with Crippen LogP contribution in [-0.2, 0) is 4.79 Å². The summed E-state index contributed by atoms with van der Waals surface area (Å²) in [5, 5.41) is 12.3. The monoisotopic (exact) mass is 375 g/mol. The number of carbonyl (C=O) groups is 1. The zero-order valence-electron chi connectivity index (χ0n) is 16.8. The van der Waals surface area contributed by atoms with Gasteiger partial charge in [0.05, 0.1) is 17.3 Å². The summed E-state index contributed by atoms with van der Waals surface area (Å²) < 4.78 is 0. The van der Waals surface area contributed by atoms with E-state index in [0.717, 1.165) is 24.1 Å². The highest BCUT2D eigenvalue weighted by Crippen LogP contribution is 2.39. The van der Waals surface area contributed by atoms with Crippen molar-refractivity contribution in [2.45, 2.75) is 39.2 Å². The molecule has 6 nitrogen and oxygen atoms in total. The number of amides is 1. The van der Waals surface area contributed by atoms with Crippen molar-refractivity contribution in [2.24, 2.45) is 15.9 Å². The van der Waals surface area contributed by atoms with E-state index < -0.39 is 0 Å². The van der Waals surface area contributed by atoms with E-state index in [1.165, 1.54) is 0 Å². The number of allylic oxidation sites excluding steroid dienone is 2. The minimum atomic E-state index is -0.292. The fourth-order valence-corrected chi connectivity index (χ4v) is 3.29. The first-order chi connectivity index (χ1) is 13.3. The van der Waals surface area contributed by atoms with Gasteiger partial charge < -0.3 is 10.2 Å². The van der Waals surface area contributed by atoms with Gasteiger partial charge in [-0.25, -0.2) is 4.99 Å². The molecule has 2 aliphatic rings. The molecule has 0 bridgehead atoms. The molecule has 1 aromatic rings. The van der Waals surface area contributed by atoms with Gasteiger partial charge in [0.2, 0.25) is 0 Å². The number of nitrogens with zero attached hydrogens (tertiary/aromatic N) is 4. The Balaban J connectivity index is 2.02. The number of rotatable bonds is 5. The second-order valence-electron chi connectivity index (χ2n) is 7.81. The molecule has 0 aromatic heterocycles. The minimum absolute atomic E-state index is 0.192. The highest BCUT2D eigenvalue weighted by atomic mass is 16.2. The number of aliphatic imine (C=N–C) groups is 2. The van der Waals surface area contributed by atoms with E-state index in [4.69, 9.17) is 5.26 Å². The third-order valence-corrected chi connectivity index (χ3v) is 5.32. The Morgan fingerprint density at radius 2 is 2.14 bits per heavy atom. The van der Waals surface area contributed by atoms with E-state index in [0.29, 0.717) is 23.0 Å². The Hall–Kier alpha value is -3.20. The summed E-state index contributed by atoms with van der Waals surface area (Å²) in [5.41, 5.74) is 2.86. The van der Waals surface area contributed by atoms with Crippen LogP contribution in [0.1, 0.15) is 44.7 Å². The quantitative estimate of drug-likeness (QED) is 0.633. The molecule has 144 valence electrons. The van der Waals surface area contributed by atoms with Gasteiger partial charge >= 0.3 is 0 Å². The van der Waals surface area contributed by atoms with Gasteiger partial charge in [0.1, 0.15) is 0 Å². The van der Waals surface area contributed by atoms with E-state index >= 15 is 0 Å².